The molecule has 0 bridgehead atoms. The van der Waals surface area contributed by atoms with Crippen LogP contribution in [0.15, 0.2) is 47.8 Å². The zero-order valence-electron chi connectivity index (χ0n) is 12.8. The van der Waals surface area contributed by atoms with Crippen LogP contribution in [0.3, 0.4) is 0 Å². The molecule has 7 nitrogen and oxygen atoms in total. The summed E-state index contributed by atoms with van der Waals surface area (Å²) in [5.41, 5.74) is 0.316. The zero-order valence-corrected chi connectivity index (χ0v) is 12.8. The Bertz CT molecular complexity index is 883. The molecule has 0 atom stereocenters. The van der Waals surface area contributed by atoms with E-state index >= 15 is 0 Å². The van der Waals surface area contributed by atoms with Crippen molar-refractivity contribution in [1.29, 1.82) is 0 Å². The molecule has 0 saturated heterocycles. The van der Waals surface area contributed by atoms with Crippen LogP contribution < -0.4 is 10.7 Å². The van der Waals surface area contributed by atoms with E-state index in [9.17, 15) is 9.59 Å². The first kappa shape index (κ1) is 15.0. The van der Waals surface area contributed by atoms with E-state index in [0.717, 1.165) is 5.52 Å². The molecule has 1 amide bonds. The highest BCUT2D eigenvalue weighted by Crippen LogP contribution is 2.09. The molecule has 1 aromatic carbocycles. The molecule has 1 N–H and O–H groups in total. The molecule has 23 heavy (non-hydrogen) atoms. The summed E-state index contributed by atoms with van der Waals surface area (Å²) in [6, 6.07) is 7.17. The largest absolute Gasteiger partial charge is 0.349 e. The predicted octanol–water partition coefficient (Wildman–Crippen LogP) is 1.04. The van der Waals surface area contributed by atoms with Crippen molar-refractivity contribution in [3.8, 4) is 0 Å². The molecule has 0 aliphatic carbocycles. The summed E-state index contributed by atoms with van der Waals surface area (Å²) in [4.78, 5) is 28.7. The third-order valence-corrected chi connectivity index (χ3v) is 3.59. The summed E-state index contributed by atoms with van der Waals surface area (Å²) in [7, 11) is 0. The van der Waals surface area contributed by atoms with Crippen molar-refractivity contribution in [3.63, 3.8) is 0 Å². The predicted molar refractivity (Wildman–Crippen MR) is 86.2 cm³/mol. The standard InChI is InChI=1S/C16H17N5O2/c1-2-21-13-6-4-3-5-12(13)15(22)14(19-21)16(23)18-8-10-20-9-7-17-11-20/h3-7,9,11H,2,8,10H2,1H3,(H,18,23). The number of nitrogens with one attached hydrogen (secondary N) is 1. The Morgan fingerprint density at radius 3 is 2.87 bits per heavy atom. The number of rotatable bonds is 5. The number of carbonyl (C=O) groups is 1. The van der Waals surface area contributed by atoms with Crippen molar-refractivity contribution in [2.24, 2.45) is 0 Å². The molecular formula is C16H17N5O2. The van der Waals surface area contributed by atoms with Crippen molar-refractivity contribution in [2.75, 3.05) is 6.54 Å². The fourth-order valence-electron chi connectivity index (χ4n) is 2.43. The maximum absolute atomic E-state index is 12.5. The smallest absolute Gasteiger partial charge is 0.275 e. The molecule has 2 aromatic heterocycles. The van der Waals surface area contributed by atoms with Gasteiger partial charge in [0.05, 0.1) is 11.8 Å². The van der Waals surface area contributed by atoms with Crippen LogP contribution in [0.25, 0.3) is 10.9 Å². The number of aromatic nitrogens is 4. The second-order valence-electron chi connectivity index (χ2n) is 5.07. The minimum atomic E-state index is -0.455. The Morgan fingerprint density at radius 2 is 2.13 bits per heavy atom. The Morgan fingerprint density at radius 1 is 1.30 bits per heavy atom. The highest BCUT2D eigenvalue weighted by molar-refractivity contribution is 5.95. The Labute approximate surface area is 132 Å². The Kier molecular flexibility index (Phi) is 4.18. The lowest BCUT2D eigenvalue weighted by Gasteiger charge is -2.10. The number of para-hydroxylation sites is 1. The summed E-state index contributed by atoms with van der Waals surface area (Å²) >= 11 is 0. The van der Waals surface area contributed by atoms with Crippen LogP contribution in [0, 0.1) is 0 Å². The molecule has 118 valence electrons. The molecule has 3 rings (SSSR count). The number of hydrogen-bond acceptors (Lipinski definition) is 4. The molecule has 0 unspecified atom stereocenters. The van der Waals surface area contributed by atoms with Gasteiger partial charge in [-0.05, 0) is 19.1 Å². The van der Waals surface area contributed by atoms with Gasteiger partial charge in [-0.25, -0.2) is 4.98 Å². The monoisotopic (exact) mass is 311 g/mol. The van der Waals surface area contributed by atoms with Gasteiger partial charge in [-0.15, -0.1) is 0 Å². The third-order valence-electron chi connectivity index (χ3n) is 3.59. The van der Waals surface area contributed by atoms with Crippen LogP contribution in [0.4, 0.5) is 0 Å². The van der Waals surface area contributed by atoms with E-state index in [4.69, 9.17) is 0 Å². The van der Waals surface area contributed by atoms with Crippen LogP contribution in [0.1, 0.15) is 17.4 Å². The molecule has 0 aliphatic heterocycles. The minimum absolute atomic E-state index is 0.0730. The van der Waals surface area contributed by atoms with Gasteiger partial charge < -0.3 is 9.88 Å². The highest BCUT2D eigenvalue weighted by Gasteiger charge is 2.16. The van der Waals surface area contributed by atoms with Gasteiger partial charge in [0, 0.05) is 37.4 Å². The molecule has 2 heterocycles. The van der Waals surface area contributed by atoms with E-state index in [0.29, 0.717) is 25.0 Å². The lowest BCUT2D eigenvalue weighted by molar-refractivity contribution is 0.0944. The van der Waals surface area contributed by atoms with Gasteiger partial charge in [0.15, 0.2) is 5.69 Å². The van der Waals surface area contributed by atoms with E-state index in [1.165, 1.54) is 0 Å². The average Bonchev–Trinajstić information content (AvgIpc) is 3.09. The number of hydrogen-bond donors (Lipinski definition) is 1. The number of carbonyl (C=O) groups excluding carboxylic acids is 1. The van der Waals surface area contributed by atoms with Crippen molar-refractivity contribution >= 4 is 16.8 Å². The zero-order chi connectivity index (χ0) is 16.2. The average molecular weight is 311 g/mol. The van der Waals surface area contributed by atoms with E-state index in [1.807, 2.05) is 29.8 Å². The summed E-state index contributed by atoms with van der Waals surface area (Å²) in [5, 5.41) is 7.44. The van der Waals surface area contributed by atoms with E-state index in [1.54, 1.807) is 29.3 Å². The second kappa shape index (κ2) is 6.43. The Balaban J connectivity index is 1.85. The van der Waals surface area contributed by atoms with Gasteiger partial charge in [-0.1, -0.05) is 12.1 Å². The maximum Gasteiger partial charge on any atom is 0.275 e. The maximum atomic E-state index is 12.5. The molecule has 0 aliphatic rings. The number of fused-ring (bicyclic) bond motifs is 1. The molecule has 0 spiro atoms. The summed E-state index contributed by atoms with van der Waals surface area (Å²) in [6.45, 7) is 3.48. The topological polar surface area (TPSA) is 81.8 Å². The highest BCUT2D eigenvalue weighted by atomic mass is 16.2. The fraction of sp³-hybridized carbons (Fsp3) is 0.250. The first-order valence-electron chi connectivity index (χ1n) is 7.44. The quantitative estimate of drug-likeness (QED) is 0.763. The fourth-order valence-corrected chi connectivity index (χ4v) is 2.43. The molecular weight excluding hydrogens is 294 g/mol. The lowest BCUT2D eigenvalue weighted by Crippen LogP contribution is -2.33. The van der Waals surface area contributed by atoms with Gasteiger partial charge in [0.25, 0.3) is 5.91 Å². The third kappa shape index (κ3) is 2.98. The number of nitrogens with zero attached hydrogens (tertiary/aromatic N) is 4. The van der Waals surface area contributed by atoms with Gasteiger partial charge in [-0.3, -0.25) is 14.3 Å². The molecule has 0 radical (unpaired) electrons. The van der Waals surface area contributed by atoms with Gasteiger partial charge in [0.1, 0.15) is 0 Å². The Hall–Kier alpha value is -2.96. The van der Waals surface area contributed by atoms with Crippen LogP contribution >= 0.6 is 0 Å². The molecule has 0 fully saturated rings. The van der Waals surface area contributed by atoms with Crippen molar-refractivity contribution in [3.05, 3.63) is 58.9 Å². The van der Waals surface area contributed by atoms with Crippen molar-refractivity contribution in [2.45, 2.75) is 20.0 Å². The second-order valence-corrected chi connectivity index (χ2v) is 5.07. The lowest BCUT2D eigenvalue weighted by atomic mass is 10.2. The number of amides is 1. The minimum Gasteiger partial charge on any atom is -0.349 e. The summed E-state index contributed by atoms with van der Waals surface area (Å²) in [5.74, 6) is -0.455. The van der Waals surface area contributed by atoms with Crippen LogP contribution in [0.2, 0.25) is 0 Å². The van der Waals surface area contributed by atoms with Gasteiger partial charge in [-0.2, -0.15) is 5.10 Å². The number of aryl methyl sites for hydroxylation is 1. The van der Waals surface area contributed by atoms with E-state index in [2.05, 4.69) is 15.4 Å². The van der Waals surface area contributed by atoms with Crippen molar-refractivity contribution in [1.82, 2.24) is 24.6 Å². The molecule has 7 heteroatoms. The van der Waals surface area contributed by atoms with E-state index in [-0.39, 0.29) is 11.1 Å². The number of imidazole rings is 1. The molecule has 3 aromatic rings. The van der Waals surface area contributed by atoms with Crippen LogP contribution in [-0.2, 0) is 13.1 Å². The SMILES string of the molecule is CCn1nc(C(=O)NCCn2ccnc2)c(=O)c2ccccc21. The van der Waals surface area contributed by atoms with Crippen molar-refractivity contribution < 1.29 is 4.79 Å². The van der Waals surface area contributed by atoms with E-state index < -0.39 is 5.91 Å². The number of benzene rings is 1. The van der Waals surface area contributed by atoms with Gasteiger partial charge in [0.2, 0.25) is 5.43 Å². The first-order chi connectivity index (χ1) is 11.2. The van der Waals surface area contributed by atoms with Crippen LogP contribution in [0.5, 0.6) is 0 Å². The summed E-state index contributed by atoms with van der Waals surface area (Å²) in [6.07, 6.45) is 5.15. The van der Waals surface area contributed by atoms with Gasteiger partial charge >= 0.3 is 0 Å². The first-order valence-corrected chi connectivity index (χ1v) is 7.44. The van der Waals surface area contributed by atoms with Crippen LogP contribution in [-0.4, -0.2) is 31.8 Å². The summed E-state index contributed by atoms with van der Waals surface area (Å²) < 4.78 is 3.51. The normalized spacial score (nSPS) is 10.8. The molecule has 0 saturated carbocycles.